The van der Waals surface area contributed by atoms with Gasteiger partial charge >= 0.3 is 0 Å². The molecule has 1 heterocycles. The predicted octanol–water partition coefficient (Wildman–Crippen LogP) is 3.90. The lowest BCUT2D eigenvalue weighted by Gasteiger charge is -2.24. The van der Waals surface area contributed by atoms with Gasteiger partial charge in [-0.2, -0.15) is 4.39 Å². The van der Waals surface area contributed by atoms with Crippen molar-refractivity contribution < 1.29 is 18.3 Å². The highest BCUT2D eigenvalue weighted by Crippen LogP contribution is 2.26. The molecule has 0 aromatic heterocycles. The van der Waals surface area contributed by atoms with E-state index in [2.05, 4.69) is 15.9 Å². The summed E-state index contributed by atoms with van der Waals surface area (Å²) in [6.45, 7) is 2.95. The van der Waals surface area contributed by atoms with Gasteiger partial charge in [-0.05, 0) is 31.9 Å². The van der Waals surface area contributed by atoms with E-state index in [0.717, 1.165) is 31.7 Å². The summed E-state index contributed by atoms with van der Waals surface area (Å²) in [5.41, 5.74) is 0. The quantitative estimate of drug-likeness (QED) is 0.764. The van der Waals surface area contributed by atoms with Crippen molar-refractivity contribution in [2.75, 3.05) is 13.1 Å². The number of nitrogens with zero attached hydrogens (tertiary/aromatic N) is 1. The first-order valence-electron chi connectivity index (χ1n) is 7.09. The summed E-state index contributed by atoms with van der Waals surface area (Å²) >= 11 is 3.08. The first kappa shape index (κ1) is 16.2. The number of likely N-dealkylation sites (tertiary alicyclic amines) is 1. The topological polar surface area (TPSA) is 29.5 Å². The number of hydrogen-bond donors (Lipinski definition) is 0. The van der Waals surface area contributed by atoms with Crippen molar-refractivity contribution in [3.05, 3.63) is 28.2 Å². The zero-order valence-electron chi connectivity index (χ0n) is 11.9. The fourth-order valence-corrected chi connectivity index (χ4v) is 2.82. The minimum absolute atomic E-state index is 0.184. The van der Waals surface area contributed by atoms with Gasteiger partial charge in [0.2, 0.25) is 5.82 Å². The number of hydrogen-bond acceptors (Lipinski definition) is 2. The van der Waals surface area contributed by atoms with Crippen LogP contribution in [0.1, 0.15) is 32.6 Å². The molecule has 0 bridgehead atoms. The Morgan fingerprint density at radius 1 is 1.24 bits per heavy atom. The fraction of sp³-hybridized carbons (Fsp3) is 0.533. The number of carbonyl (C=O) groups excluding carboxylic acids is 1. The van der Waals surface area contributed by atoms with Gasteiger partial charge in [-0.3, -0.25) is 4.79 Å². The highest BCUT2D eigenvalue weighted by molar-refractivity contribution is 9.10. The van der Waals surface area contributed by atoms with Crippen LogP contribution in [0.2, 0.25) is 0 Å². The van der Waals surface area contributed by atoms with Crippen molar-refractivity contribution in [1.29, 1.82) is 0 Å². The van der Waals surface area contributed by atoms with E-state index in [1.165, 1.54) is 6.07 Å². The van der Waals surface area contributed by atoms with Gasteiger partial charge in [0.15, 0.2) is 17.7 Å². The molecule has 2 rings (SSSR count). The highest BCUT2D eigenvalue weighted by Gasteiger charge is 2.24. The van der Waals surface area contributed by atoms with Crippen molar-refractivity contribution in [1.82, 2.24) is 4.90 Å². The molecule has 3 nitrogen and oxygen atoms in total. The van der Waals surface area contributed by atoms with Crippen LogP contribution in [-0.2, 0) is 4.79 Å². The summed E-state index contributed by atoms with van der Waals surface area (Å²) in [6, 6.07) is 2.34. The Morgan fingerprint density at radius 3 is 2.48 bits per heavy atom. The molecule has 1 fully saturated rings. The number of rotatable bonds is 3. The molecule has 1 saturated heterocycles. The highest BCUT2D eigenvalue weighted by atomic mass is 79.9. The molecule has 21 heavy (non-hydrogen) atoms. The van der Waals surface area contributed by atoms with Crippen molar-refractivity contribution >= 4 is 21.8 Å². The van der Waals surface area contributed by atoms with Crippen LogP contribution in [0.5, 0.6) is 5.75 Å². The summed E-state index contributed by atoms with van der Waals surface area (Å²) in [6.07, 6.45) is 3.33. The minimum Gasteiger partial charge on any atom is -0.478 e. The zero-order chi connectivity index (χ0) is 15.4. The minimum atomic E-state index is -1.08. The third-order valence-electron chi connectivity index (χ3n) is 3.53. The van der Waals surface area contributed by atoms with Crippen LogP contribution in [0.3, 0.4) is 0 Å². The molecule has 1 atom stereocenters. The average Bonchev–Trinajstić information content (AvgIpc) is 2.72. The number of ether oxygens (including phenoxy) is 1. The Hall–Kier alpha value is -1.17. The molecule has 1 aliphatic rings. The van der Waals surface area contributed by atoms with E-state index in [1.54, 1.807) is 11.8 Å². The van der Waals surface area contributed by atoms with E-state index in [9.17, 15) is 13.6 Å². The maximum absolute atomic E-state index is 13.7. The maximum atomic E-state index is 13.7. The van der Waals surface area contributed by atoms with Crippen molar-refractivity contribution in [3.63, 3.8) is 0 Å². The zero-order valence-corrected chi connectivity index (χ0v) is 13.5. The molecular formula is C15H18BrF2NO2. The monoisotopic (exact) mass is 361 g/mol. The molecular weight excluding hydrogens is 344 g/mol. The second-order valence-electron chi connectivity index (χ2n) is 5.20. The van der Waals surface area contributed by atoms with Gasteiger partial charge in [0.1, 0.15) is 0 Å². The van der Waals surface area contributed by atoms with E-state index in [4.69, 9.17) is 4.74 Å². The lowest BCUT2D eigenvalue weighted by molar-refractivity contribution is -0.138. The first-order chi connectivity index (χ1) is 9.99. The van der Waals surface area contributed by atoms with Gasteiger partial charge in [-0.1, -0.05) is 28.8 Å². The summed E-state index contributed by atoms with van der Waals surface area (Å²) in [5.74, 6) is -2.52. The lowest BCUT2D eigenvalue weighted by Crippen LogP contribution is -2.41. The van der Waals surface area contributed by atoms with Gasteiger partial charge in [0.05, 0.1) is 0 Å². The lowest BCUT2D eigenvalue weighted by atomic mass is 10.2. The molecule has 0 spiro atoms. The average molecular weight is 362 g/mol. The molecule has 116 valence electrons. The Bertz CT molecular complexity index is 517. The molecule has 0 saturated carbocycles. The summed E-state index contributed by atoms with van der Waals surface area (Å²) in [5, 5.41) is 0. The SMILES string of the molecule is CC(Oc1cc(Br)cc(F)c1F)C(=O)N1CCCCCC1. The van der Waals surface area contributed by atoms with Gasteiger partial charge in [0.25, 0.3) is 5.91 Å². The molecule has 6 heteroatoms. The molecule has 1 amide bonds. The van der Waals surface area contributed by atoms with Crippen molar-refractivity contribution in [3.8, 4) is 5.75 Å². The van der Waals surface area contributed by atoms with Crippen LogP contribution in [-0.4, -0.2) is 30.0 Å². The van der Waals surface area contributed by atoms with Gasteiger partial charge in [-0.15, -0.1) is 0 Å². The molecule has 0 aliphatic carbocycles. The van der Waals surface area contributed by atoms with Crippen LogP contribution in [0, 0.1) is 11.6 Å². The molecule has 0 N–H and O–H groups in total. The molecule has 1 aromatic rings. The van der Waals surface area contributed by atoms with E-state index < -0.39 is 17.7 Å². The van der Waals surface area contributed by atoms with Gasteiger partial charge in [-0.25, -0.2) is 4.39 Å². The second-order valence-corrected chi connectivity index (χ2v) is 6.11. The fourth-order valence-electron chi connectivity index (χ4n) is 2.41. The van der Waals surface area contributed by atoms with E-state index in [-0.39, 0.29) is 11.7 Å². The second kappa shape index (κ2) is 7.20. The normalized spacial score (nSPS) is 17.2. The third-order valence-corrected chi connectivity index (χ3v) is 3.99. The smallest absolute Gasteiger partial charge is 0.263 e. The van der Waals surface area contributed by atoms with Crippen LogP contribution >= 0.6 is 15.9 Å². The summed E-state index contributed by atoms with van der Waals surface area (Å²) < 4.78 is 32.7. The number of benzene rings is 1. The van der Waals surface area contributed by atoms with Crippen molar-refractivity contribution in [2.45, 2.75) is 38.7 Å². The predicted molar refractivity (Wildman–Crippen MR) is 79.2 cm³/mol. The van der Waals surface area contributed by atoms with E-state index >= 15 is 0 Å². The van der Waals surface area contributed by atoms with E-state index in [1.807, 2.05) is 0 Å². The Balaban J connectivity index is 2.06. The first-order valence-corrected chi connectivity index (χ1v) is 7.88. The third kappa shape index (κ3) is 4.15. The summed E-state index contributed by atoms with van der Waals surface area (Å²) in [7, 11) is 0. The van der Waals surface area contributed by atoms with Gasteiger partial charge < -0.3 is 9.64 Å². The Morgan fingerprint density at radius 2 is 1.86 bits per heavy atom. The number of halogens is 3. The number of amides is 1. The van der Waals surface area contributed by atoms with Crippen LogP contribution in [0.15, 0.2) is 16.6 Å². The van der Waals surface area contributed by atoms with Crippen LogP contribution in [0.4, 0.5) is 8.78 Å². The Kier molecular flexibility index (Phi) is 5.56. The largest absolute Gasteiger partial charge is 0.478 e. The van der Waals surface area contributed by atoms with Gasteiger partial charge in [0, 0.05) is 17.6 Å². The van der Waals surface area contributed by atoms with Crippen LogP contribution in [0.25, 0.3) is 0 Å². The molecule has 1 unspecified atom stereocenters. The standard InChI is InChI=1S/C15H18BrF2NO2/c1-10(15(20)19-6-4-2-3-5-7-19)21-13-9-11(16)8-12(17)14(13)18/h8-10H,2-7H2,1H3. The molecule has 1 aromatic carbocycles. The van der Waals surface area contributed by atoms with E-state index in [0.29, 0.717) is 17.6 Å². The molecule has 0 radical (unpaired) electrons. The Labute approximate surface area is 131 Å². The van der Waals surface area contributed by atoms with Crippen LogP contribution < -0.4 is 4.74 Å². The number of carbonyl (C=O) groups is 1. The maximum Gasteiger partial charge on any atom is 0.263 e. The van der Waals surface area contributed by atoms with Crippen molar-refractivity contribution in [2.24, 2.45) is 0 Å². The molecule has 1 aliphatic heterocycles. The summed E-state index contributed by atoms with van der Waals surface area (Å²) in [4.78, 5) is 14.0.